The average molecular weight is 951 g/mol. The van der Waals surface area contributed by atoms with E-state index in [0.29, 0.717) is 59.7 Å². The Labute approximate surface area is 433 Å². The summed E-state index contributed by atoms with van der Waals surface area (Å²) < 4.78 is 0. The number of aryl methyl sites for hydroxylation is 4. The first-order chi connectivity index (χ1) is 30.5. The van der Waals surface area contributed by atoms with E-state index >= 15 is 0 Å². The Balaban J connectivity index is 0.000000643. The number of aromatic nitrogens is 6. The molecule has 22 nitrogen and oxygen atoms in total. The molecule has 0 saturated heterocycles. The number of nitrogens with two attached hydrogens (primary N) is 4. The van der Waals surface area contributed by atoms with Gasteiger partial charge in [-0.25, -0.2) is 11.1 Å². The van der Waals surface area contributed by atoms with Crippen molar-refractivity contribution in [1.82, 2.24) is 40.5 Å². The first kappa shape index (κ1) is 59.5. The zero-order valence-electron chi connectivity index (χ0n) is 37.3. The quantitative estimate of drug-likeness (QED) is 0.0204. The molecule has 2 aromatic carbocycles. The number of hydrogen-bond donors (Lipinski definition) is 10. The minimum atomic E-state index is -1.27. The maximum absolute atomic E-state index is 12.5. The number of aliphatic carboxylic acids is 2. The number of nitrogens with one attached hydrogen (secondary N) is 4. The fourth-order valence-electron chi connectivity index (χ4n) is 6.73. The van der Waals surface area contributed by atoms with Gasteiger partial charge in [-0.3, -0.25) is 20.7 Å². The summed E-state index contributed by atoms with van der Waals surface area (Å²) >= 11 is 0. The van der Waals surface area contributed by atoms with E-state index < -0.39 is 35.8 Å². The van der Waals surface area contributed by atoms with Gasteiger partial charge in [0.1, 0.15) is 29.0 Å². The number of nitrogens with zero attached hydrogens (tertiary/aromatic N) is 4. The van der Waals surface area contributed by atoms with Gasteiger partial charge in [-0.05, 0) is 85.0 Å². The standard InChI is InChI=1S/C22H24N6O5.C22H22N6O3.2Na.2H2O/c1-11(9-16(29)30)8-15(21(32)33)26-20(31)13-5-2-12(3-6-13)4-7-14-10-25-19-17(14)18(23)27-22(24)28-19;1-13(8-9-29)10-17(12-30)26-21(31)15-5-2-14(3-6-15)4-7-16-11-25-20-18(16)19(23)27-22(24)28-20;;;;/h2-3,5-6,10,15H,1,4,7-9H2,(H,26,31)(H,29,30)(H,32,33)(H5,23,24,25,27,28);2-3,5-6,11,17H,1,4,7-8,10H2,(H,26,31)(H5,23,24,25,27,28);;;2*1H2/q;-2;2*+1;;/p-2/t15-;17-;;;;/m00..../s1. The Morgan fingerprint density at radius 2 is 1.09 bits per heavy atom. The number of aromatic amines is 2. The van der Waals surface area contributed by atoms with Crippen molar-refractivity contribution in [2.45, 2.75) is 63.5 Å². The Kier molecular flexibility index (Phi) is 24.5. The molecule has 2 atom stereocenters. The summed E-state index contributed by atoms with van der Waals surface area (Å²) in [4.78, 5) is 90.9. The average Bonchev–Trinajstić information content (AvgIpc) is 3.86. The van der Waals surface area contributed by atoms with Crippen molar-refractivity contribution >= 4 is 81.9 Å². The number of carboxylic acids is 2. The number of amides is 2. The molecule has 6 rings (SSSR count). The number of carbonyl (C=O) groups excluding carboxylic acids is 4. The largest absolute Gasteiger partial charge is 1.00 e. The van der Waals surface area contributed by atoms with Crippen molar-refractivity contribution in [3.63, 3.8) is 0 Å². The third-order valence-electron chi connectivity index (χ3n) is 9.88. The van der Waals surface area contributed by atoms with Crippen LogP contribution in [0.4, 0.5) is 23.5 Å². The van der Waals surface area contributed by atoms with E-state index in [1.54, 1.807) is 55.2 Å². The van der Waals surface area contributed by atoms with Crippen LogP contribution in [0.3, 0.4) is 0 Å². The van der Waals surface area contributed by atoms with E-state index in [1.165, 1.54) is 0 Å². The molecule has 4 heterocycles. The summed E-state index contributed by atoms with van der Waals surface area (Å²) in [6, 6.07) is 11.7. The zero-order valence-corrected chi connectivity index (χ0v) is 41.3. The molecule has 24 heteroatoms. The van der Waals surface area contributed by atoms with Gasteiger partial charge in [0.05, 0.1) is 17.2 Å². The van der Waals surface area contributed by atoms with Gasteiger partial charge in [-0.2, -0.15) is 19.9 Å². The van der Waals surface area contributed by atoms with Crippen LogP contribution >= 0.6 is 0 Å². The van der Waals surface area contributed by atoms with Gasteiger partial charge < -0.3 is 74.3 Å². The van der Waals surface area contributed by atoms with Gasteiger partial charge in [0, 0.05) is 23.5 Å². The van der Waals surface area contributed by atoms with E-state index in [4.69, 9.17) is 28.0 Å². The second kappa shape index (κ2) is 28.0. The molecule has 0 unspecified atom stereocenters. The van der Waals surface area contributed by atoms with Crippen LogP contribution < -0.4 is 92.7 Å². The number of nitrogen functional groups attached to an aromatic ring is 4. The second-order valence-electron chi connectivity index (χ2n) is 14.7. The number of H-pyrrole nitrogens is 2. The minimum Gasteiger partial charge on any atom is -0.870 e. The van der Waals surface area contributed by atoms with Crippen LogP contribution in [0.15, 0.2) is 85.2 Å². The number of anilines is 4. The molecule has 0 radical (unpaired) electrons. The van der Waals surface area contributed by atoms with Crippen LogP contribution in [-0.2, 0) is 44.9 Å². The Bertz CT molecular complexity index is 2730. The van der Waals surface area contributed by atoms with Crippen LogP contribution in [-0.4, -0.2) is 99.5 Å². The van der Waals surface area contributed by atoms with Crippen LogP contribution in [0.5, 0.6) is 0 Å². The first-order valence-corrected chi connectivity index (χ1v) is 19.6. The SMILES string of the molecule is C=C(CC(=O)O)C[C@H](NC(=O)c1ccc(CCc2c[nH]c3nc(N)nc(N)c23)cc1)C(=O)O.C=C(C[C-]=O)C[C@@H]([C-]=O)NC(=O)c1ccc(CCc2c[nH]c3nc(N)nc(N)c23)cc1.[Na+].[Na+].[OH-].[OH-]. The molecule has 68 heavy (non-hydrogen) atoms. The summed E-state index contributed by atoms with van der Waals surface area (Å²) in [5.74, 6) is -2.50. The van der Waals surface area contributed by atoms with E-state index in [9.17, 15) is 33.9 Å². The fraction of sp³-hybridized carbons (Fsp3) is 0.227. The van der Waals surface area contributed by atoms with Gasteiger partial charge in [0.2, 0.25) is 17.8 Å². The van der Waals surface area contributed by atoms with Crippen LogP contribution in [0.2, 0.25) is 0 Å². The van der Waals surface area contributed by atoms with Gasteiger partial charge in [0.25, 0.3) is 5.91 Å². The molecule has 6 aromatic rings. The van der Waals surface area contributed by atoms with Crippen molar-refractivity contribution < 1.29 is 109 Å². The monoisotopic (exact) mass is 950 g/mol. The van der Waals surface area contributed by atoms with Crippen LogP contribution in [0.25, 0.3) is 22.1 Å². The molecule has 2 amide bonds. The number of rotatable bonds is 20. The molecule has 0 fully saturated rings. The third kappa shape index (κ3) is 16.7. The Morgan fingerprint density at radius 1 is 0.647 bits per heavy atom. The predicted octanol–water partition coefficient (Wildman–Crippen LogP) is -3.27. The number of hydrogen-bond acceptors (Lipinski definition) is 16. The molecule has 16 N–H and O–H groups in total. The van der Waals surface area contributed by atoms with Crippen molar-refractivity contribution in [3.05, 3.63) is 119 Å². The second-order valence-corrected chi connectivity index (χ2v) is 14.7. The van der Waals surface area contributed by atoms with E-state index in [1.807, 2.05) is 18.3 Å². The normalized spacial score (nSPS) is 11.1. The van der Waals surface area contributed by atoms with E-state index in [2.05, 4.69) is 53.7 Å². The first-order valence-electron chi connectivity index (χ1n) is 19.6. The number of carbonyl (C=O) groups is 4. The Hall–Kier alpha value is -6.50. The van der Waals surface area contributed by atoms with Crippen LogP contribution in [0.1, 0.15) is 68.7 Å². The van der Waals surface area contributed by atoms with Gasteiger partial charge in [-0.15, -0.1) is 18.6 Å². The molecule has 348 valence electrons. The van der Waals surface area contributed by atoms with Gasteiger partial charge >= 0.3 is 71.1 Å². The molecule has 0 aliphatic heterocycles. The maximum Gasteiger partial charge on any atom is 1.00 e. The summed E-state index contributed by atoms with van der Waals surface area (Å²) in [6.45, 7) is 7.24. The molecule has 0 aliphatic rings. The molecular weight excluding hydrogens is 903 g/mol. The molecular formula is C44H48N12Na2O10-2. The number of carboxylic acid groups (broad SMARTS) is 2. The van der Waals surface area contributed by atoms with Crippen molar-refractivity contribution in [2.24, 2.45) is 0 Å². The number of benzene rings is 2. The number of fused-ring (bicyclic) bond motifs is 2. The van der Waals surface area contributed by atoms with Gasteiger partial charge in [0.15, 0.2) is 0 Å². The zero-order chi connectivity index (χ0) is 46.5. The van der Waals surface area contributed by atoms with Gasteiger partial charge in [-0.1, -0.05) is 42.5 Å². The molecule has 4 aromatic heterocycles. The van der Waals surface area contributed by atoms with Crippen molar-refractivity contribution in [1.29, 1.82) is 0 Å². The molecule has 0 spiro atoms. The summed E-state index contributed by atoms with van der Waals surface area (Å²) in [5.41, 5.74) is 29.7. The minimum absolute atomic E-state index is 0. The third-order valence-corrected chi connectivity index (χ3v) is 9.88. The van der Waals surface area contributed by atoms with Crippen molar-refractivity contribution in [3.8, 4) is 0 Å². The molecule has 0 bridgehead atoms. The summed E-state index contributed by atoms with van der Waals surface area (Å²) in [7, 11) is 0. The summed E-state index contributed by atoms with van der Waals surface area (Å²) in [5, 5.41) is 24.6. The smallest absolute Gasteiger partial charge is 0.870 e. The predicted molar refractivity (Wildman–Crippen MR) is 243 cm³/mol. The topological polar surface area (TPSA) is 414 Å². The summed E-state index contributed by atoms with van der Waals surface area (Å²) in [6.07, 6.45) is 9.45. The van der Waals surface area contributed by atoms with E-state index in [-0.39, 0.29) is 119 Å². The molecule has 0 saturated carbocycles. The fourth-order valence-corrected chi connectivity index (χ4v) is 6.73. The van der Waals surface area contributed by atoms with Crippen molar-refractivity contribution in [2.75, 3.05) is 22.9 Å². The molecule has 0 aliphatic carbocycles. The maximum atomic E-state index is 12.5. The Morgan fingerprint density at radius 3 is 1.49 bits per heavy atom. The van der Waals surface area contributed by atoms with E-state index in [0.717, 1.165) is 33.0 Å². The van der Waals surface area contributed by atoms with Crippen LogP contribution in [0, 0.1) is 0 Å².